The van der Waals surface area contributed by atoms with Gasteiger partial charge in [-0.25, -0.2) is 4.79 Å². The third kappa shape index (κ3) is 4.55. The highest BCUT2D eigenvalue weighted by Gasteiger charge is 2.29. The molecule has 0 aliphatic carbocycles. The third-order valence-corrected chi connectivity index (χ3v) is 5.13. The van der Waals surface area contributed by atoms with Gasteiger partial charge in [0.05, 0.1) is 31.1 Å². The largest absolute Gasteiger partial charge is 0.491 e. The van der Waals surface area contributed by atoms with Crippen molar-refractivity contribution in [1.29, 1.82) is 0 Å². The number of amides is 2. The molecule has 2 aromatic rings. The molecule has 1 aromatic heterocycles. The van der Waals surface area contributed by atoms with E-state index >= 15 is 0 Å². The van der Waals surface area contributed by atoms with Crippen molar-refractivity contribution in [2.75, 3.05) is 20.2 Å². The number of carbonyl (C=O) groups is 2. The normalized spacial score (nSPS) is 13.5. The van der Waals surface area contributed by atoms with Crippen molar-refractivity contribution in [3.63, 3.8) is 0 Å². The molecule has 0 fully saturated rings. The first-order chi connectivity index (χ1) is 13.7. The zero-order valence-electron chi connectivity index (χ0n) is 17.8. The number of carbonyl (C=O) groups excluding carboxylic acids is 2. The fraction of sp³-hybridized carbons (Fsp3) is 0.455. The fourth-order valence-corrected chi connectivity index (χ4v) is 3.38. The van der Waals surface area contributed by atoms with E-state index in [1.165, 1.54) is 6.92 Å². The van der Waals surface area contributed by atoms with Crippen molar-refractivity contribution in [1.82, 2.24) is 15.1 Å². The maximum absolute atomic E-state index is 12.9. The third-order valence-electron chi connectivity index (χ3n) is 5.13. The van der Waals surface area contributed by atoms with Crippen LogP contribution in [-0.2, 0) is 23.2 Å². The van der Waals surface area contributed by atoms with Crippen LogP contribution in [0.5, 0.6) is 5.75 Å². The number of aromatic amines is 1. The van der Waals surface area contributed by atoms with Gasteiger partial charge in [-0.15, -0.1) is 0 Å². The second-order valence-corrected chi connectivity index (χ2v) is 8.38. The number of nitrogens with zero attached hydrogens (tertiary/aromatic N) is 3. The molecule has 29 heavy (non-hydrogen) atoms. The zero-order chi connectivity index (χ0) is 21.2. The molecule has 7 nitrogen and oxygen atoms in total. The van der Waals surface area contributed by atoms with E-state index in [0.29, 0.717) is 31.8 Å². The number of para-hydroxylation sites is 1. The number of fused-ring (bicyclic) bond motifs is 1. The van der Waals surface area contributed by atoms with Gasteiger partial charge in [-0.3, -0.25) is 9.89 Å². The average Bonchev–Trinajstić information content (AvgIpc) is 3.10. The van der Waals surface area contributed by atoms with E-state index in [0.717, 1.165) is 22.6 Å². The lowest BCUT2D eigenvalue weighted by Gasteiger charge is -2.23. The van der Waals surface area contributed by atoms with Crippen molar-refractivity contribution in [3.8, 4) is 5.75 Å². The minimum atomic E-state index is -0.180. The quantitative estimate of drug-likeness (QED) is 0.787. The van der Waals surface area contributed by atoms with Crippen LogP contribution in [0.1, 0.15) is 55.0 Å². The summed E-state index contributed by atoms with van der Waals surface area (Å²) in [4.78, 5) is 26.2. The first-order valence-electron chi connectivity index (χ1n) is 9.83. The molecule has 0 saturated carbocycles. The second-order valence-electron chi connectivity index (χ2n) is 8.38. The number of H-pyrrole nitrogens is 1. The molecule has 0 spiro atoms. The molecule has 2 amide bonds. The van der Waals surface area contributed by atoms with Crippen molar-refractivity contribution >= 4 is 18.0 Å². The molecule has 7 heteroatoms. The van der Waals surface area contributed by atoms with Gasteiger partial charge in [-0.05, 0) is 17.0 Å². The van der Waals surface area contributed by atoms with Gasteiger partial charge in [0.1, 0.15) is 12.4 Å². The number of benzene rings is 1. The van der Waals surface area contributed by atoms with Gasteiger partial charge in [0, 0.05) is 7.05 Å². The number of nitrogens with one attached hydrogen (secondary N) is 1. The van der Waals surface area contributed by atoms with E-state index in [9.17, 15) is 9.59 Å². The van der Waals surface area contributed by atoms with E-state index in [2.05, 4.69) is 37.0 Å². The van der Waals surface area contributed by atoms with Crippen LogP contribution in [0, 0.1) is 0 Å². The van der Waals surface area contributed by atoms with E-state index in [-0.39, 0.29) is 17.2 Å². The minimum Gasteiger partial charge on any atom is -0.491 e. The maximum Gasteiger partial charge on any atom is 0.383 e. The predicted molar refractivity (Wildman–Crippen MR) is 111 cm³/mol. The molecule has 0 radical (unpaired) electrons. The van der Waals surface area contributed by atoms with Crippen LogP contribution < -0.4 is 4.74 Å². The van der Waals surface area contributed by atoms with Crippen molar-refractivity contribution < 1.29 is 18.9 Å². The molecule has 3 rings (SSSR count). The number of likely N-dealkylation sites (N-methyl/N-ethyl adjacent to an activating group) is 1. The van der Waals surface area contributed by atoms with Gasteiger partial charge >= 0.3 is 5.91 Å². The Morgan fingerprint density at radius 2 is 2.00 bits per heavy atom. The van der Waals surface area contributed by atoms with Crippen LogP contribution in [-0.4, -0.2) is 57.9 Å². The lowest BCUT2D eigenvalue weighted by atomic mass is 9.86. The lowest BCUT2D eigenvalue weighted by molar-refractivity contribution is -0.461. The highest BCUT2D eigenvalue weighted by molar-refractivity contribution is 5.94. The van der Waals surface area contributed by atoms with Crippen LogP contribution >= 0.6 is 0 Å². The number of rotatable bonds is 5. The number of hydrogen-bond acceptors (Lipinski definition) is 4. The molecule has 0 saturated heterocycles. The number of hydrogen-bond donors (Lipinski definition) is 1. The van der Waals surface area contributed by atoms with E-state index in [1.54, 1.807) is 16.5 Å². The van der Waals surface area contributed by atoms with E-state index < -0.39 is 0 Å². The molecule has 154 valence electrons. The number of ether oxygens (including phenoxy) is 1. The monoisotopic (exact) mass is 397 g/mol. The topological polar surface area (TPSA) is 78.3 Å². The first kappa shape index (κ1) is 20.8. The highest BCUT2D eigenvalue weighted by Crippen LogP contribution is 2.30. The molecule has 1 aliphatic rings. The van der Waals surface area contributed by atoms with Gasteiger partial charge in [0.2, 0.25) is 0 Å². The standard InChI is InChI=1S/C22H28N4O3/c1-15(27)26-11-10-18-16(14-26)20(24-23-18)21(28)25(5)12-13-29-19-9-7-6-8-17(19)22(2,3)4/h6-9,11H,10,12-14H2,1-5H3/p+1. The van der Waals surface area contributed by atoms with Crippen LogP contribution in [0.15, 0.2) is 24.3 Å². The van der Waals surface area contributed by atoms with Gasteiger partial charge in [-0.2, -0.15) is 9.67 Å². The van der Waals surface area contributed by atoms with Crippen molar-refractivity contribution in [2.24, 2.45) is 0 Å². The Hall–Kier alpha value is -2.96. The molecule has 0 unspecified atom stereocenters. The summed E-state index contributed by atoms with van der Waals surface area (Å²) in [6.45, 7) is 9.14. The van der Waals surface area contributed by atoms with Crippen LogP contribution in [0.3, 0.4) is 0 Å². The summed E-state index contributed by atoms with van der Waals surface area (Å²) < 4.78 is 7.60. The summed E-state index contributed by atoms with van der Waals surface area (Å²) in [5.41, 5.74) is 3.16. The summed E-state index contributed by atoms with van der Waals surface area (Å²) >= 11 is 0. The Morgan fingerprint density at radius 3 is 2.69 bits per heavy atom. The maximum atomic E-state index is 12.9. The molecular weight excluding hydrogens is 368 g/mol. The Kier molecular flexibility index (Phi) is 5.86. The Balaban J connectivity index is 1.64. The average molecular weight is 397 g/mol. The summed E-state index contributed by atoms with van der Waals surface area (Å²) in [6.07, 6.45) is 2.38. The van der Waals surface area contributed by atoms with Crippen molar-refractivity contribution in [2.45, 2.75) is 46.1 Å². The van der Waals surface area contributed by atoms with E-state index in [1.807, 2.05) is 24.4 Å². The molecule has 1 aliphatic heterocycles. The molecule has 2 heterocycles. The summed E-state index contributed by atoms with van der Waals surface area (Å²) in [6, 6.07) is 7.98. The van der Waals surface area contributed by atoms with Gasteiger partial charge in [0.25, 0.3) is 5.91 Å². The first-order valence-corrected chi connectivity index (χ1v) is 9.83. The molecule has 0 atom stereocenters. The van der Waals surface area contributed by atoms with Gasteiger partial charge in [-0.1, -0.05) is 39.0 Å². The summed E-state index contributed by atoms with van der Waals surface area (Å²) in [7, 11) is 1.74. The lowest BCUT2D eigenvalue weighted by Crippen LogP contribution is -2.33. The highest BCUT2D eigenvalue weighted by atomic mass is 16.5. The second kappa shape index (κ2) is 8.19. The zero-order valence-corrected chi connectivity index (χ0v) is 17.8. The number of aromatic nitrogens is 2. The van der Waals surface area contributed by atoms with Gasteiger partial charge < -0.3 is 9.64 Å². The Labute approximate surface area is 171 Å². The Bertz CT molecular complexity index is 953. The van der Waals surface area contributed by atoms with Crippen LogP contribution in [0.25, 0.3) is 0 Å². The summed E-state index contributed by atoms with van der Waals surface area (Å²) in [5, 5.41) is 7.14. The molecule has 0 bridgehead atoms. The molecule has 1 aromatic carbocycles. The van der Waals surface area contributed by atoms with E-state index in [4.69, 9.17) is 4.74 Å². The molecular formula is C22H29N4O3+. The van der Waals surface area contributed by atoms with Crippen molar-refractivity contribution in [3.05, 3.63) is 46.8 Å². The predicted octanol–water partition coefficient (Wildman–Crippen LogP) is 2.54. The smallest absolute Gasteiger partial charge is 0.383 e. The Morgan fingerprint density at radius 1 is 1.28 bits per heavy atom. The summed E-state index contributed by atoms with van der Waals surface area (Å²) in [5.74, 6) is 0.612. The van der Waals surface area contributed by atoms with Gasteiger partial charge in [0.15, 0.2) is 18.5 Å². The molecule has 1 N–H and O–H groups in total. The fourth-order valence-electron chi connectivity index (χ4n) is 3.38. The SMILES string of the molecule is CC(=O)[N+]1=CCc2[nH]nc(C(=O)N(C)CCOc3ccccc3C(C)(C)C)c2C1. The van der Waals surface area contributed by atoms with Crippen LogP contribution in [0.4, 0.5) is 0 Å². The van der Waals surface area contributed by atoms with Crippen LogP contribution in [0.2, 0.25) is 0 Å². The minimum absolute atomic E-state index is 0.0218.